The predicted octanol–water partition coefficient (Wildman–Crippen LogP) is 1.62. The zero-order valence-electron chi connectivity index (χ0n) is 11.8. The number of rotatable bonds is 4. The van der Waals surface area contributed by atoms with Gasteiger partial charge in [0.2, 0.25) is 0 Å². The number of amides is 2. The first-order valence-corrected chi connectivity index (χ1v) is 8.68. The van der Waals surface area contributed by atoms with E-state index in [0.717, 1.165) is 0 Å². The minimum absolute atomic E-state index is 0.0229. The van der Waals surface area contributed by atoms with Crippen LogP contribution in [-0.2, 0) is 9.84 Å². The van der Waals surface area contributed by atoms with Crippen LogP contribution < -0.4 is 10.6 Å². The first-order valence-electron chi connectivity index (χ1n) is 6.86. The highest BCUT2D eigenvalue weighted by atomic mass is 32.2. The van der Waals surface area contributed by atoms with Gasteiger partial charge >= 0.3 is 6.03 Å². The Labute approximate surface area is 123 Å². The van der Waals surface area contributed by atoms with Crippen LogP contribution in [-0.4, -0.2) is 32.5 Å². The molecule has 21 heavy (non-hydrogen) atoms. The molecule has 1 aromatic carbocycles. The topological polar surface area (TPSA) is 75.3 Å². The Hall–Kier alpha value is -1.63. The van der Waals surface area contributed by atoms with Gasteiger partial charge in [-0.1, -0.05) is 12.1 Å². The molecule has 2 atom stereocenters. The molecule has 0 aromatic heterocycles. The minimum atomic E-state index is -2.93. The molecule has 0 saturated carbocycles. The Kier molecular flexibility index (Phi) is 4.82. The van der Waals surface area contributed by atoms with Crippen molar-refractivity contribution in [2.45, 2.75) is 19.4 Å². The zero-order chi connectivity index (χ0) is 15.5. The van der Waals surface area contributed by atoms with Crippen LogP contribution >= 0.6 is 0 Å². The van der Waals surface area contributed by atoms with Crippen molar-refractivity contribution in [2.24, 2.45) is 5.92 Å². The Morgan fingerprint density at radius 2 is 2.24 bits per heavy atom. The van der Waals surface area contributed by atoms with E-state index < -0.39 is 9.84 Å². The van der Waals surface area contributed by atoms with Gasteiger partial charge in [-0.2, -0.15) is 0 Å². The van der Waals surface area contributed by atoms with E-state index in [-0.39, 0.29) is 35.3 Å². The number of hydrogen-bond acceptors (Lipinski definition) is 3. The van der Waals surface area contributed by atoms with Gasteiger partial charge in [-0.15, -0.1) is 0 Å². The van der Waals surface area contributed by atoms with Gasteiger partial charge in [0, 0.05) is 6.54 Å². The summed E-state index contributed by atoms with van der Waals surface area (Å²) in [7, 11) is -2.93. The number of nitrogens with one attached hydrogen (secondary N) is 2. The number of halogens is 1. The van der Waals surface area contributed by atoms with E-state index in [9.17, 15) is 17.6 Å². The monoisotopic (exact) mass is 314 g/mol. The Morgan fingerprint density at radius 1 is 1.48 bits per heavy atom. The summed E-state index contributed by atoms with van der Waals surface area (Å²) in [5, 5.41) is 5.37. The first-order chi connectivity index (χ1) is 9.85. The third-order valence-corrected chi connectivity index (χ3v) is 5.41. The lowest BCUT2D eigenvalue weighted by Crippen LogP contribution is -2.39. The number of carbonyl (C=O) groups is 1. The lowest BCUT2D eigenvalue weighted by molar-refractivity contribution is 0.236. The Balaban J connectivity index is 1.79. The Morgan fingerprint density at radius 3 is 2.86 bits per heavy atom. The summed E-state index contributed by atoms with van der Waals surface area (Å²) in [5.41, 5.74) is 0.675. The van der Waals surface area contributed by atoms with E-state index in [1.165, 1.54) is 12.1 Å². The van der Waals surface area contributed by atoms with E-state index >= 15 is 0 Å². The lowest BCUT2D eigenvalue weighted by Gasteiger charge is -2.16. The summed E-state index contributed by atoms with van der Waals surface area (Å²) in [6, 6.07) is 5.33. The van der Waals surface area contributed by atoms with Crippen LogP contribution in [0.2, 0.25) is 0 Å². The fraction of sp³-hybridized carbons (Fsp3) is 0.500. The van der Waals surface area contributed by atoms with E-state index in [0.29, 0.717) is 18.5 Å². The summed E-state index contributed by atoms with van der Waals surface area (Å²) >= 11 is 0. The highest BCUT2D eigenvalue weighted by molar-refractivity contribution is 7.91. The molecule has 1 aliphatic rings. The van der Waals surface area contributed by atoms with Crippen molar-refractivity contribution < 1.29 is 17.6 Å². The summed E-state index contributed by atoms with van der Waals surface area (Å²) < 4.78 is 35.7. The maximum atomic E-state index is 13.1. The molecule has 0 radical (unpaired) electrons. The van der Waals surface area contributed by atoms with Gasteiger partial charge in [0.25, 0.3) is 0 Å². The van der Waals surface area contributed by atoms with Crippen LogP contribution in [0.15, 0.2) is 24.3 Å². The molecule has 1 fully saturated rings. The molecule has 1 aliphatic heterocycles. The smallest absolute Gasteiger partial charge is 0.315 e. The molecule has 1 heterocycles. The highest BCUT2D eigenvalue weighted by Crippen LogP contribution is 2.17. The minimum Gasteiger partial charge on any atom is -0.338 e. The van der Waals surface area contributed by atoms with E-state index in [1.54, 1.807) is 19.1 Å². The fourth-order valence-electron chi connectivity index (χ4n) is 2.38. The van der Waals surface area contributed by atoms with Crippen molar-refractivity contribution >= 4 is 15.9 Å². The quantitative estimate of drug-likeness (QED) is 0.887. The van der Waals surface area contributed by atoms with Gasteiger partial charge in [0.05, 0.1) is 17.5 Å². The molecule has 7 heteroatoms. The van der Waals surface area contributed by atoms with Crippen molar-refractivity contribution in [2.75, 3.05) is 18.1 Å². The van der Waals surface area contributed by atoms with Crippen molar-refractivity contribution in [3.63, 3.8) is 0 Å². The molecule has 116 valence electrons. The average Bonchev–Trinajstić information content (AvgIpc) is 2.76. The molecule has 2 N–H and O–H groups in total. The molecule has 1 saturated heterocycles. The van der Waals surface area contributed by atoms with Gasteiger partial charge in [-0.3, -0.25) is 0 Å². The van der Waals surface area contributed by atoms with Crippen molar-refractivity contribution in [1.29, 1.82) is 0 Å². The summed E-state index contributed by atoms with van der Waals surface area (Å²) in [5.74, 6) is -0.0455. The number of carbonyl (C=O) groups excluding carboxylic acids is 1. The van der Waals surface area contributed by atoms with Crippen molar-refractivity contribution in [1.82, 2.24) is 10.6 Å². The zero-order valence-corrected chi connectivity index (χ0v) is 12.6. The van der Waals surface area contributed by atoms with Crippen LogP contribution in [0.5, 0.6) is 0 Å². The molecule has 0 aliphatic carbocycles. The van der Waals surface area contributed by atoms with Crippen LogP contribution in [0.3, 0.4) is 0 Å². The highest BCUT2D eigenvalue weighted by Gasteiger charge is 2.27. The third kappa shape index (κ3) is 4.70. The van der Waals surface area contributed by atoms with Gasteiger partial charge in [0.1, 0.15) is 5.82 Å². The standard InChI is InChI=1S/C14H19FN2O3S/c1-10(12-3-2-4-13(15)7-12)17-14(18)16-8-11-5-6-21(19,20)9-11/h2-4,7,10-11H,5-6,8-9H2,1H3,(H2,16,17,18)/t10-,11+/m0/s1. The maximum absolute atomic E-state index is 13.1. The van der Waals surface area contributed by atoms with Crippen LogP contribution in [0.4, 0.5) is 9.18 Å². The van der Waals surface area contributed by atoms with Crippen molar-refractivity contribution in [3.05, 3.63) is 35.6 Å². The van der Waals surface area contributed by atoms with Crippen LogP contribution in [0.25, 0.3) is 0 Å². The fourth-order valence-corrected chi connectivity index (χ4v) is 4.24. The lowest BCUT2D eigenvalue weighted by atomic mass is 10.1. The number of urea groups is 1. The van der Waals surface area contributed by atoms with Gasteiger partial charge < -0.3 is 10.6 Å². The second-order valence-corrected chi connectivity index (χ2v) is 7.63. The second-order valence-electron chi connectivity index (χ2n) is 5.40. The molecule has 0 unspecified atom stereocenters. The average molecular weight is 314 g/mol. The van der Waals surface area contributed by atoms with Gasteiger partial charge in [0.15, 0.2) is 9.84 Å². The normalized spacial score (nSPS) is 21.7. The maximum Gasteiger partial charge on any atom is 0.315 e. The van der Waals surface area contributed by atoms with Gasteiger partial charge in [-0.25, -0.2) is 17.6 Å². The first kappa shape index (κ1) is 15.8. The van der Waals surface area contributed by atoms with Crippen molar-refractivity contribution in [3.8, 4) is 0 Å². The SMILES string of the molecule is C[C@H](NC(=O)NC[C@H]1CCS(=O)(=O)C1)c1cccc(F)c1. The largest absolute Gasteiger partial charge is 0.338 e. The predicted molar refractivity (Wildman–Crippen MR) is 78.1 cm³/mol. The van der Waals surface area contributed by atoms with Crippen LogP contribution in [0.1, 0.15) is 24.9 Å². The molecule has 1 aromatic rings. The third-order valence-electron chi connectivity index (χ3n) is 3.57. The molecule has 0 bridgehead atoms. The second kappa shape index (κ2) is 6.43. The van der Waals surface area contributed by atoms with Gasteiger partial charge in [-0.05, 0) is 37.0 Å². The summed E-state index contributed by atoms with van der Waals surface area (Å²) in [6.45, 7) is 2.09. The van der Waals surface area contributed by atoms with Crippen LogP contribution in [0, 0.1) is 11.7 Å². The Bertz CT molecular complexity index is 618. The van der Waals surface area contributed by atoms with E-state index in [2.05, 4.69) is 10.6 Å². The molecule has 2 amide bonds. The summed E-state index contributed by atoms with van der Waals surface area (Å²) in [4.78, 5) is 11.8. The molecule has 2 rings (SSSR count). The summed E-state index contributed by atoms with van der Waals surface area (Å²) in [6.07, 6.45) is 0.585. The molecule has 0 spiro atoms. The van der Waals surface area contributed by atoms with E-state index in [1.807, 2.05) is 0 Å². The molecular formula is C14H19FN2O3S. The number of hydrogen-bond donors (Lipinski definition) is 2. The number of benzene rings is 1. The van der Waals surface area contributed by atoms with E-state index in [4.69, 9.17) is 0 Å². The molecule has 5 nitrogen and oxygen atoms in total. The number of sulfone groups is 1. The molecular weight excluding hydrogens is 295 g/mol.